The van der Waals surface area contributed by atoms with E-state index in [9.17, 15) is 0 Å². The van der Waals surface area contributed by atoms with Gasteiger partial charge in [0.05, 0.1) is 7.11 Å². The van der Waals surface area contributed by atoms with E-state index in [2.05, 4.69) is 33.7 Å². The zero-order chi connectivity index (χ0) is 13.1. The highest BCUT2D eigenvalue weighted by molar-refractivity contribution is 5.34. The fourth-order valence-corrected chi connectivity index (χ4v) is 3.29. The predicted octanol–water partition coefficient (Wildman–Crippen LogP) is 0.483. The van der Waals surface area contributed by atoms with Crippen LogP contribution in [-0.4, -0.2) is 56.8 Å². The minimum Gasteiger partial charge on any atom is -0.496 e. The van der Waals surface area contributed by atoms with Crippen molar-refractivity contribution in [2.75, 3.05) is 39.8 Å². The lowest BCUT2D eigenvalue weighted by Gasteiger charge is -2.45. The molecule has 0 spiro atoms. The van der Waals surface area contributed by atoms with Crippen molar-refractivity contribution in [1.82, 2.24) is 15.5 Å². The van der Waals surface area contributed by atoms with E-state index < -0.39 is 0 Å². The van der Waals surface area contributed by atoms with Crippen LogP contribution in [-0.2, 0) is 6.42 Å². The third-order valence-electron chi connectivity index (χ3n) is 4.30. The van der Waals surface area contributed by atoms with E-state index in [1.54, 1.807) is 7.11 Å². The number of ether oxygens (including phenoxy) is 1. The van der Waals surface area contributed by atoms with E-state index in [1.165, 1.54) is 18.7 Å². The molecular weight excluding hydrogens is 238 g/mol. The van der Waals surface area contributed by atoms with Crippen LogP contribution in [0.5, 0.6) is 5.75 Å². The predicted molar refractivity (Wildman–Crippen MR) is 76.7 cm³/mol. The summed E-state index contributed by atoms with van der Waals surface area (Å²) in [5.74, 6) is 1.00. The average Bonchev–Trinajstić information content (AvgIpc) is 2.48. The Labute approximate surface area is 115 Å². The minimum atomic E-state index is 0.512. The molecule has 2 heterocycles. The first-order chi connectivity index (χ1) is 9.38. The number of piperazine rings is 2. The summed E-state index contributed by atoms with van der Waals surface area (Å²) in [7, 11) is 1.75. The van der Waals surface area contributed by atoms with Gasteiger partial charge in [0.15, 0.2) is 0 Å². The molecule has 3 rings (SSSR count). The van der Waals surface area contributed by atoms with Crippen LogP contribution >= 0.6 is 0 Å². The highest BCUT2D eigenvalue weighted by Gasteiger charge is 2.32. The molecule has 2 saturated heterocycles. The number of nitrogens with one attached hydrogen (secondary N) is 2. The Morgan fingerprint density at radius 1 is 1.26 bits per heavy atom. The number of hydrogen-bond donors (Lipinski definition) is 2. The third kappa shape index (κ3) is 2.76. The maximum Gasteiger partial charge on any atom is 0.122 e. The Bertz CT molecular complexity index is 422. The number of fused-ring (bicyclic) bond motifs is 1. The van der Waals surface area contributed by atoms with Gasteiger partial charge in [0.2, 0.25) is 0 Å². The Morgan fingerprint density at radius 3 is 3.00 bits per heavy atom. The van der Waals surface area contributed by atoms with Gasteiger partial charge >= 0.3 is 0 Å². The molecule has 0 amide bonds. The van der Waals surface area contributed by atoms with Crippen molar-refractivity contribution in [2.45, 2.75) is 18.5 Å². The van der Waals surface area contributed by atoms with Gasteiger partial charge in [-0.1, -0.05) is 18.2 Å². The van der Waals surface area contributed by atoms with Crippen molar-refractivity contribution >= 4 is 0 Å². The number of rotatable bonds is 3. The lowest BCUT2D eigenvalue weighted by atomic mass is 9.94. The molecule has 0 aliphatic carbocycles. The van der Waals surface area contributed by atoms with Crippen molar-refractivity contribution in [2.24, 2.45) is 0 Å². The van der Waals surface area contributed by atoms with Gasteiger partial charge in [-0.2, -0.15) is 0 Å². The molecular formula is C15H23N3O. The lowest BCUT2D eigenvalue weighted by Crippen LogP contribution is -2.65. The molecule has 0 bridgehead atoms. The van der Waals surface area contributed by atoms with Crippen molar-refractivity contribution in [1.29, 1.82) is 0 Å². The molecule has 4 nitrogen and oxygen atoms in total. The van der Waals surface area contributed by atoms with Crippen molar-refractivity contribution in [3.63, 3.8) is 0 Å². The van der Waals surface area contributed by atoms with E-state index in [1.807, 2.05) is 6.07 Å². The van der Waals surface area contributed by atoms with Gasteiger partial charge in [-0.15, -0.1) is 0 Å². The molecule has 2 unspecified atom stereocenters. The number of para-hydroxylation sites is 1. The third-order valence-corrected chi connectivity index (χ3v) is 4.30. The van der Waals surface area contributed by atoms with E-state index in [-0.39, 0.29) is 0 Å². The summed E-state index contributed by atoms with van der Waals surface area (Å²) in [6.07, 6.45) is 1.03. The summed E-state index contributed by atoms with van der Waals surface area (Å²) in [6.45, 7) is 5.66. The smallest absolute Gasteiger partial charge is 0.122 e. The number of nitrogens with zero attached hydrogens (tertiary/aromatic N) is 1. The van der Waals surface area contributed by atoms with E-state index in [0.29, 0.717) is 12.1 Å². The molecule has 0 radical (unpaired) electrons. The molecule has 0 aromatic heterocycles. The lowest BCUT2D eigenvalue weighted by molar-refractivity contribution is 0.0942. The summed E-state index contributed by atoms with van der Waals surface area (Å²) >= 11 is 0. The second-order valence-electron chi connectivity index (χ2n) is 5.38. The van der Waals surface area contributed by atoms with E-state index >= 15 is 0 Å². The molecule has 0 saturated carbocycles. The van der Waals surface area contributed by atoms with E-state index in [0.717, 1.165) is 31.8 Å². The molecule has 4 heteroatoms. The summed E-state index contributed by atoms with van der Waals surface area (Å²) in [6, 6.07) is 9.47. The summed E-state index contributed by atoms with van der Waals surface area (Å²) in [4.78, 5) is 2.62. The standard InChI is InChI=1S/C15H23N3O/c1-19-15-5-3-2-4-12(15)10-13-14-11-16-6-8-18(14)9-7-17-13/h2-5,13-14,16-17H,6-11H2,1H3. The Morgan fingerprint density at radius 2 is 2.11 bits per heavy atom. The maximum atomic E-state index is 5.47. The Balaban J connectivity index is 1.74. The summed E-state index contributed by atoms with van der Waals surface area (Å²) < 4.78 is 5.47. The van der Waals surface area contributed by atoms with Gasteiger partial charge in [0.25, 0.3) is 0 Å². The van der Waals surface area contributed by atoms with Crippen LogP contribution in [0.4, 0.5) is 0 Å². The van der Waals surface area contributed by atoms with Crippen LogP contribution in [0.15, 0.2) is 24.3 Å². The summed E-state index contributed by atoms with van der Waals surface area (Å²) in [5, 5.41) is 7.20. The zero-order valence-electron chi connectivity index (χ0n) is 11.6. The average molecular weight is 261 g/mol. The monoisotopic (exact) mass is 261 g/mol. The molecule has 1 aromatic rings. The first-order valence-electron chi connectivity index (χ1n) is 7.18. The molecule has 2 fully saturated rings. The molecule has 19 heavy (non-hydrogen) atoms. The van der Waals surface area contributed by atoms with Crippen LogP contribution in [0.1, 0.15) is 5.56 Å². The maximum absolute atomic E-state index is 5.47. The second-order valence-corrected chi connectivity index (χ2v) is 5.38. The normalized spacial score (nSPS) is 27.8. The Kier molecular flexibility index (Phi) is 4.01. The van der Waals surface area contributed by atoms with Gasteiger partial charge in [-0.25, -0.2) is 0 Å². The van der Waals surface area contributed by atoms with Gasteiger partial charge in [-0.05, 0) is 18.1 Å². The summed E-state index contributed by atoms with van der Waals surface area (Å²) in [5.41, 5.74) is 1.30. The van der Waals surface area contributed by atoms with Crippen LogP contribution in [0.3, 0.4) is 0 Å². The van der Waals surface area contributed by atoms with Crippen molar-refractivity contribution < 1.29 is 4.74 Å². The number of hydrogen-bond acceptors (Lipinski definition) is 4. The molecule has 2 aliphatic heterocycles. The first-order valence-corrected chi connectivity index (χ1v) is 7.18. The van der Waals surface area contributed by atoms with Gasteiger partial charge < -0.3 is 15.4 Å². The fourth-order valence-electron chi connectivity index (χ4n) is 3.29. The molecule has 2 atom stereocenters. The van der Waals surface area contributed by atoms with E-state index in [4.69, 9.17) is 4.74 Å². The SMILES string of the molecule is COc1ccccc1CC1NCCN2CCNCC12. The first kappa shape index (κ1) is 12.9. The van der Waals surface area contributed by atoms with Gasteiger partial charge in [0.1, 0.15) is 5.75 Å². The van der Waals surface area contributed by atoms with Crippen LogP contribution < -0.4 is 15.4 Å². The minimum absolute atomic E-state index is 0.512. The molecule has 2 N–H and O–H groups in total. The van der Waals surface area contributed by atoms with Gasteiger partial charge in [0, 0.05) is 44.8 Å². The zero-order valence-corrected chi connectivity index (χ0v) is 11.6. The van der Waals surface area contributed by atoms with Crippen molar-refractivity contribution in [3.05, 3.63) is 29.8 Å². The quantitative estimate of drug-likeness (QED) is 0.830. The largest absolute Gasteiger partial charge is 0.496 e. The topological polar surface area (TPSA) is 36.5 Å². The van der Waals surface area contributed by atoms with Crippen LogP contribution in [0.25, 0.3) is 0 Å². The van der Waals surface area contributed by atoms with Crippen LogP contribution in [0.2, 0.25) is 0 Å². The molecule has 2 aliphatic rings. The Hall–Kier alpha value is -1.10. The fraction of sp³-hybridized carbons (Fsp3) is 0.600. The van der Waals surface area contributed by atoms with Gasteiger partial charge in [-0.3, -0.25) is 4.90 Å². The molecule has 104 valence electrons. The van der Waals surface area contributed by atoms with Crippen LogP contribution in [0, 0.1) is 0 Å². The number of methoxy groups -OCH3 is 1. The highest BCUT2D eigenvalue weighted by Crippen LogP contribution is 2.22. The van der Waals surface area contributed by atoms with Crippen molar-refractivity contribution in [3.8, 4) is 5.75 Å². The highest BCUT2D eigenvalue weighted by atomic mass is 16.5. The second kappa shape index (κ2) is 5.90. The number of benzene rings is 1. The molecule has 1 aromatic carbocycles.